The molecule has 1 N–H and O–H groups in total. The van der Waals surface area contributed by atoms with Crippen LogP contribution in [-0.2, 0) is 10.5 Å². The minimum atomic E-state index is -0.300. The minimum Gasteiger partial charge on any atom is -0.483 e. The minimum absolute atomic E-state index is 0.0203. The molecule has 0 saturated carbocycles. The molecule has 0 bridgehead atoms. The third-order valence-corrected chi connectivity index (χ3v) is 5.12. The Balaban J connectivity index is 1.68. The highest BCUT2D eigenvalue weighted by Gasteiger charge is 2.09. The van der Waals surface area contributed by atoms with E-state index in [0.717, 1.165) is 11.3 Å². The van der Waals surface area contributed by atoms with E-state index in [1.165, 1.54) is 17.8 Å². The molecule has 26 heavy (non-hydrogen) atoms. The van der Waals surface area contributed by atoms with E-state index in [1.807, 2.05) is 24.3 Å². The Bertz CT molecular complexity index is 719. The molecule has 140 valence electrons. The summed E-state index contributed by atoms with van der Waals surface area (Å²) in [7, 11) is 0. The molecule has 2 aromatic carbocycles. The van der Waals surface area contributed by atoms with Gasteiger partial charge in [-0.1, -0.05) is 49.7 Å². The topological polar surface area (TPSA) is 38.3 Å². The molecule has 2 aromatic rings. The Hall–Kier alpha value is -1.72. The van der Waals surface area contributed by atoms with Crippen LogP contribution in [0.1, 0.15) is 30.9 Å². The molecule has 0 atom stereocenters. The van der Waals surface area contributed by atoms with Crippen molar-refractivity contribution in [3.05, 3.63) is 64.4 Å². The molecule has 1 amide bonds. The molecule has 0 saturated heterocycles. The Morgan fingerprint density at radius 2 is 2.00 bits per heavy atom. The fourth-order valence-corrected chi connectivity index (χ4v) is 3.59. The lowest BCUT2D eigenvalue weighted by molar-refractivity contribution is -0.122. The van der Waals surface area contributed by atoms with Crippen molar-refractivity contribution < 1.29 is 13.9 Å². The van der Waals surface area contributed by atoms with Crippen molar-refractivity contribution in [2.45, 2.75) is 25.5 Å². The van der Waals surface area contributed by atoms with Crippen molar-refractivity contribution in [3.8, 4) is 5.75 Å². The summed E-state index contributed by atoms with van der Waals surface area (Å²) >= 11 is 7.51. The Labute approximate surface area is 163 Å². The highest BCUT2D eigenvalue weighted by atomic mass is 35.5. The van der Waals surface area contributed by atoms with Crippen LogP contribution in [0.5, 0.6) is 5.75 Å². The van der Waals surface area contributed by atoms with Crippen LogP contribution in [0.25, 0.3) is 0 Å². The van der Waals surface area contributed by atoms with Gasteiger partial charge in [-0.2, -0.15) is 11.8 Å². The maximum absolute atomic E-state index is 13.7. The first-order valence-electron chi connectivity index (χ1n) is 8.48. The SMILES string of the molecule is CC(C)c1ccccc1OCC(=O)NCCSCc1c(F)cccc1Cl. The van der Waals surface area contributed by atoms with Crippen LogP contribution in [-0.4, -0.2) is 24.8 Å². The number of halogens is 2. The predicted molar refractivity (Wildman–Crippen MR) is 107 cm³/mol. The van der Waals surface area contributed by atoms with Gasteiger partial charge < -0.3 is 10.1 Å². The zero-order valence-electron chi connectivity index (χ0n) is 14.9. The quantitative estimate of drug-likeness (QED) is 0.605. The average Bonchev–Trinajstić information content (AvgIpc) is 2.62. The smallest absolute Gasteiger partial charge is 0.257 e. The molecule has 0 unspecified atom stereocenters. The number of hydrogen-bond donors (Lipinski definition) is 1. The Morgan fingerprint density at radius 1 is 1.23 bits per heavy atom. The van der Waals surface area contributed by atoms with Gasteiger partial charge in [0.05, 0.1) is 0 Å². The van der Waals surface area contributed by atoms with Gasteiger partial charge in [0.15, 0.2) is 6.61 Å². The van der Waals surface area contributed by atoms with Crippen molar-refractivity contribution in [1.82, 2.24) is 5.32 Å². The lowest BCUT2D eigenvalue weighted by Crippen LogP contribution is -2.30. The normalized spacial score (nSPS) is 10.8. The molecular formula is C20H23ClFNO2S. The first kappa shape index (κ1) is 20.6. The number of hydrogen-bond acceptors (Lipinski definition) is 3. The van der Waals surface area contributed by atoms with E-state index < -0.39 is 0 Å². The maximum atomic E-state index is 13.7. The highest BCUT2D eigenvalue weighted by molar-refractivity contribution is 7.98. The monoisotopic (exact) mass is 395 g/mol. The lowest BCUT2D eigenvalue weighted by Gasteiger charge is -2.13. The second-order valence-corrected chi connectivity index (χ2v) is 7.60. The summed E-state index contributed by atoms with van der Waals surface area (Å²) in [5.74, 6) is 1.73. The van der Waals surface area contributed by atoms with E-state index in [4.69, 9.17) is 16.3 Å². The second-order valence-electron chi connectivity index (χ2n) is 6.08. The Kier molecular flexibility index (Phi) is 8.26. The third kappa shape index (κ3) is 6.22. The number of amides is 1. The molecule has 0 spiro atoms. The van der Waals surface area contributed by atoms with Crippen molar-refractivity contribution in [2.24, 2.45) is 0 Å². The largest absolute Gasteiger partial charge is 0.483 e. The molecule has 0 aliphatic heterocycles. The molecular weight excluding hydrogens is 373 g/mol. The average molecular weight is 396 g/mol. The molecule has 3 nitrogen and oxygen atoms in total. The van der Waals surface area contributed by atoms with Gasteiger partial charge in [-0.05, 0) is 29.7 Å². The van der Waals surface area contributed by atoms with Crippen LogP contribution in [0.3, 0.4) is 0 Å². The number of para-hydroxylation sites is 1. The fraction of sp³-hybridized carbons (Fsp3) is 0.350. The van der Waals surface area contributed by atoms with Gasteiger partial charge in [0.25, 0.3) is 5.91 Å². The lowest BCUT2D eigenvalue weighted by atomic mass is 10.0. The molecule has 0 fully saturated rings. The van der Waals surface area contributed by atoms with Gasteiger partial charge >= 0.3 is 0 Å². The predicted octanol–water partition coefficient (Wildman–Crippen LogP) is 5.03. The summed E-state index contributed by atoms with van der Waals surface area (Å²) in [4.78, 5) is 11.9. The number of carbonyl (C=O) groups excluding carboxylic acids is 1. The van der Waals surface area contributed by atoms with Gasteiger partial charge in [0.2, 0.25) is 0 Å². The van der Waals surface area contributed by atoms with Crippen LogP contribution >= 0.6 is 23.4 Å². The zero-order valence-corrected chi connectivity index (χ0v) is 16.5. The standard InChI is InChI=1S/C20H23ClFNO2S/c1-14(2)15-6-3-4-9-19(15)25-12-20(24)23-10-11-26-13-16-17(21)7-5-8-18(16)22/h3-9,14H,10-13H2,1-2H3,(H,23,24). The van der Waals surface area contributed by atoms with Crippen LogP contribution in [0, 0.1) is 5.82 Å². The number of benzene rings is 2. The van der Waals surface area contributed by atoms with Crippen LogP contribution in [0.4, 0.5) is 4.39 Å². The van der Waals surface area contributed by atoms with E-state index >= 15 is 0 Å². The van der Waals surface area contributed by atoms with Crippen LogP contribution < -0.4 is 10.1 Å². The molecule has 0 radical (unpaired) electrons. The van der Waals surface area contributed by atoms with Crippen molar-refractivity contribution >= 4 is 29.3 Å². The molecule has 6 heteroatoms. The number of thioether (sulfide) groups is 1. The first-order valence-corrected chi connectivity index (χ1v) is 10.0. The van der Waals surface area contributed by atoms with E-state index in [9.17, 15) is 9.18 Å². The fourth-order valence-electron chi connectivity index (χ4n) is 2.39. The summed E-state index contributed by atoms with van der Waals surface area (Å²) in [6.45, 7) is 4.64. The summed E-state index contributed by atoms with van der Waals surface area (Å²) in [5, 5.41) is 3.23. The van der Waals surface area contributed by atoms with Crippen molar-refractivity contribution in [3.63, 3.8) is 0 Å². The van der Waals surface area contributed by atoms with E-state index in [0.29, 0.717) is 34.6 Å². The number of rotatable bonds is 9. The summed E-state index contributed by atoms with van der Waals surface area (Å²) < 4.78 is 19.3. The molecule has 0 aromatic heterocycles. The number of carbonyl (C=O) groups is 1. The van der Waals surface area contributed by atoms with Gasteiger partial charge in [-0.25, -0.2) is 4.39 Å². The summed E-state index contributed by atoms with van der Waals surface area (Å²) in [6.07, 6.45) is 0. The Morgan fingerprint density at radius 3 is 2.73 bits per heavy atom. The van der Waals surface area contributed by atoms with Gasteiger partial charge in [0, 0.05) is 28.6 Å². The number of ether oxygens (including phenoxy) is 1. The third-order valence-electron chi connectivity index (χ3n) is 3.78. The van der Waals surface area contributed by atoms with Crippen LogP contribution in [0.2, 0.25) is 5.02 Å². The molecule has 0 aliphatic rings. The second kappa shape index (κ2) is 10.4. The highest BCUT2D eigenvalue weighted by Crippen LogP contribution is 2.26. The molecule has 2 rings (SSSR count). The van der Waals surface area contributed by atoms with E-state index in [-0.39, 0.29) is 18.3 Å². The number of nitrogens with one attached hydrogen (secondary N) is 1. The van der Waals surface area contributed by atoms with E-state index in [1.54, 1.807) is 12.1 Å². The first-order chi connectivity index (χ1) is 12.5. The van der Waals surface area contributed by atoms with Gasteiger partial charge in [-0.3, -0.25) is 4.79 Å². The maximum Gasteiger partial charge on any atom is 0.257 e. The van der Waals surface area contributed by atoms with Gasteiger partial charge in [-0.15, -0.1) is 0 Å². The summed E-state index contributed by atoms with van der Waals surface area (Å²) in [5.41, 5.74) is 1.58. The summed E-state index contributed by atoms with van der Waals surface area (Å²) in [6, 6.07) is 12.4. The van der Waals surface area contributed by atoms with Crippen LogP contribution in [0.15, 0.2) is 42.5 Å². The van der Waals surface area contributed by atoms with E-state index in [2.05, 4.69) is 19.2 Å². The molecule has 0 aliphatic carbocycles. The molecule has 0 heterocycles. The zero-order chi connectivity index (χ0) is 18.9. The van der Waals surface area contributed by atoms with Crippen molar-refractivity contribution in [1.29, 1.82) is 0 Å². The van der Waals surface area contributed by atoms with Crippen molar-refractivity contribution in [2.75, 3.05) is 18.9 Å². The van der Waals surface area contributed by atoms with Gasteiger partial charge in [0.1, 0.15) is 11.6 Å².